The van der Waals surface area contributed by atoms with E-state index in [0.29, 0.717) is 11.3 Å². The first-order valence-electron chi connectivity index (χ1n) is 6.26. The lowest BCUT2D eigenvalue weighted by Gasteiger charge is -2.01. The molecule has 0 saturated carbocycles. The third-order valence-corrected chi connectivity index (χ3v) is 3.29. The molecule has 0 unspecified atom stereocenters. The van der Waals surface area contributed by atoms with E-state index in [9.17, 15) is 4.79 Å². The summed E-state index contributed by atoms with van der Waals surface area (Å²) in [7, 11) is 0. The quantitative estimate of drug-likeness (QED) is 0.572. The molecule has 2 aromatic carbocycles. The summed E-state index contributed by atoms with van der Waals surface area (Å²) in [6.45, 7) is 0. The molecule has 20 heavy (non-hydrogen) atoms. The minimum atomic E-state index is -0.284. The van der Waals surface area contributed by atoms with Gasteiger partial charge in [0.05, 0.1) is 11.0 Å². The van der Waals surface area contributed by atoms with Gasteiger partial charge in [0.25, 0.3) is 0 Å². The fraction of sp³-hybridized carbons (Fsp3) is 0. The number of aromatic nitrogens is 4. The number of hydrogen-bond donors (Lipinski definition) is 1. The van der Waals surface area contributed by atoms with Crippen LogP contribution in [0.4, 0.5) is 0 Å². The van der Waals surface area contributed by atoms with Crippen molar-refractivity contribution in [2.24, 2.45) is 0 Å². The normalized spacial score (nSPS) is 11.2. The van der Waals surface area contributed by atoms with Crippen LogP contribution in [0.15, 0.2) is 59.4 Å². The second-order valence-electron chi connectivity index (χ2n) is 4.50. The highest BCUT2D eigenvalue weighted by Gasteiger charge is 2.13. The molecule has 0 fully saturated rings. The summed E-state index contributed by atoms with van der Waals surface area (Å²) < 4.78 is 1.56. The van der Waals surface area contributed by atoms with Gasteiger partial charge in [0.1, 0.15) is 5.69 Å². The lowest BCUT2D eigenvalue weighted by Crippen LogP contribution is -2.18. The SMILES string of the molecule is O=c1[nH]nc(-c2ccccc2)c2nc3ccccc3n12. The first-order valence-corrected chi connectivity index (χ1v) is 6.26. The predicted octanol–water partition coefficient (Wildman–Crippen LogP) is 2.24. The van der Waals surface area contributed by atoms with Crippen molar-refractivity contribution in [3.8, 4) is 11.3 Å². The number of benzene rings is 2. The summed E-state index contributed by atoms with van der Waals surface area (Å²) in [6, 6.07) is 17.2. The Hall–Kier alpha value is -2.95. The largest absolute Gasteiger partial charge is 0.348 e. The molecule has 4 rings (SSSR count). The van der Waals surface area contributed by atoms with Crippen LogP contribution in [-0.4, -0.2) is 19.6 Å². The molecule has 4 aromatic rings. The van der Waals surface area contributed by atoms with Crippen LogP contribution in [0.1, 0.15) is 0 Å². The van der Waals surface area contributed by atoms with Crippen molar-refractivity contribution in [2.75, 3.05) is 0 Å². The lowest BCUT2D eigenvalue weighted by atomic mass is 10.2. The minimum absolute atomic E-state index is 0.284. The molecular weight excluding hydrogens is 252 g/mol. The van der Waals surface area contributed by atoms with Gasteiger partial charge in [-0.25, -0.2) is 19.3 Å². The molecule has 2 heterocycles. The van der Waals surface area contributed by atoms with Crippen LogP contribution in [0.3, 0.4) is 0 Å². The van der Waals surface area contributed by atoms with Gasteiger partial charge in [0, 0.05) is 5.56 Å². The van der Waals surface area contributed by atoms with Crippen molar-refractivity contribution < 1.29 is 0 Å². The van der Waals surface area contributed by atoms with Gasteiger partial charge in [-0.1, -0.05) is 42.5 Å². The number of nitrogens with one attached hydrogen (secondary N) is 1. The van der Waals surface area contributed by atoms with Crippen LogP contribution in [0.2, 0.25) is 0 Å². The lowest BCUT2D eigenvalue weighted by molar-refractivity contribution is 0.903. The van der Waals surface area contributed by atoms with Gasteiger partial charge in [0.15, 0.2) is 5.65 Å². The number of fused-ring (bicyclic) bond motifs is 3. The number of rotatable bonds is 1. The molecule has 0 aliphatic rings. The maximum Gasteiger partial charge on any atom is 0.348 e. The maximum atomic E-state index is 12.0. The van der Waals surface area contributed by atoms with Crippen molar-refractivity contribution >= 4 is 16.7 Å². The Morgan fingerprint density at radius 3 is 2.55 bits per heavy atom. The standard InChI is InChI=1S/C15H10N4O/c20-15-18-17-13(10-6-2-1-3-7-10)14-16-11-8-4-5-9-12(11)19(14)15/h1-9H,(H,18,20). The molecule has 0 radical (unpaired) electrons. The average Bonchev–Trinajstić information content (AvgIpc) is 2.88. The maximum absolute atomic E-state index is 12.0. The summed E-state index contributed by atoms with van der Waals surface area (Å²) >= 11 is 0. The highest BCUT2D eigenvalue weighted by Crippen LogP contribution is 2.22. The van der Waals surface area contributed by atoms with E-state index in [4.69, 9.17) is 0 Å². The van der Waals surface area contributed by atoms with E-state index in [1.165, 1.54) is 0 Å². The molecule has 0 aliphatic carbocycles. The second-order valence-corrected chi connectivity index (χ2v) is 4.50. The molecule has 0 bridgehead atoms. The zero-order valence-electron chi connectivity index (χ0n) is 10.4. The monoisotopic (exact) mass is 262 g/mol. The van der Waals surface area contributed by atoms with Crippen LogP contribution in [-0.2, 0) is 0 Å². The van der Waals surface area contributed by atoms with E-state index in [2.05, 4.69) is 15.2 Å². The minimum Gasteiger partial charge on any atom is -0.246 e. The summed E-state index contributed by atoms with van der Waals surface area (Å²) in [5.41, 5.74) is 3.44. The Balaban J connectivity index is 2.19. The van der Waals surface area contributed by atoms with E-state index < -0.39 is 0 Å². The third kappa shape index (κ3) is 1.46. The van der Waals surface area contributed by atoms with Crippen LogP contribution < -0.4 is 5.69 Å². The molecule has 5 heteroatoms. The second kappa shape index (κ2) is 4.03. The first kappa shape index (κ1) is 10.9. The van der Waals surface area contributed by atoms with Gasteiger partial charge in [-0.15, -0.1) is 0 Å². The third-order valence-electron chi connectivity index (χ3n) is 3.29. The number of nitrogens with zero attached hydrogens (tertiary/aromatic N) is 3. The van der Waals surface area contributed by atoms with E-state index >= 15 is 0 Å². The van der Waals surface area contributed by atoms with Gasteiger partial charge in [-0.2, -0.15) is 5.10 Å². The molecule has 0 spiro atoms. The van der Waals surface area contributed by atoms with Crippen LogP contribution >= 0.6 is 0 Å². The Bertz CT molecular complexity index is 969. The summed E-state index contributed by atoms with van der Waals surface area (Å²) in [6.07, 6.45) is 0. The topological polar surface area (TPSA) is 63.0 Å². The van der Waals surface area contributed by atoms with Crippen LogP contribution in [0, 0.1) is 0 Å². The highest BCUT2D eigenvalue weighted by atomic mass is 16.1. The average molecular weight is 262 g/mol. The molecule has 5 nitrogen and oxygen atoms in total. The molecule has 0 aliphatic heterocycles. The van der Waals surface area contributed by atoms with Gasteiger partial charge in [-0.05, 0) is 12.1 Å². The molecule has 96 valence electrons. The van der Waals surface area contributed by atoms with Crippen molar-refractivity contribution in [3.05, 3.63) is 65.1 Å². The van der Waals surface area contributed by atoms with Gasteiger partial charge >= 0.3 is 5.69 Å². The molecule has 0 saturated heterocycles. The number of imidazole rings is 1. The first-order chi connectivity index (χ1) is 9.84. The number of H-pyrrole nitrogens is 1. The number of para-hydroxylation sites is 2. The van der Waals surface area contributed by atoms with E-state index in [1.807, 2.05) is 54.6 Å². The number of aromatic amines is 1. The fourth-order valence-electron chi connectivity index (χ4n) is 2.38. The highest BCUT2D eigenvalue weighted by molar-refractivity contribution is 5.85. The summed E-state index contributed by atoms with van der Waals surface area (Å²) in [5, 5.41) is 6.69. The van der Waals surface area contributed by atoms with E-state index in [0.717, 1.165) is 16.6 Å². The fourth-order valence-corrected chi connectivity index (χ4v) is 2.38. The smallest absolute Gasteiger partial charge is 0.246 e. The Morgan fingerprint density at radius 1 is 0.950 bits per heavy atom. The Morgan fingerprint density at radius 2 is 1.70 bits per heavy atom. The van der Waals surface area contributed by atoms with Crippen molar-refractivity contribution in [1.29, 1.82) is 0 Å². The Kier molecular flexibility index (Phi) is 2.20. The molecule has 0 amide bonds. The zero-order valence-corrected chi connectivity index (χ0v) is 10.4. The van der Waals surface area contributed by atoms with Crippen molar-refractivity contribution in [3.63, 3.8) is 0 Å². The van der Waals surface area contributed by atoms with Gasteiger partial charge < -0.3 is 0 Å². The predicted molar refractivity (Wildman–Crippen MR) is 76.5 cm³/mol. The van der Waals surface area contributed by atoms with Gasteiger partial charge in [-0.3, -0.25) is 0 Å². The van der Waals surface area contributed by atoms with E-state index in [1.54, 1.807) is 4.40 Å². The number of hydrogen-bond acceptors (Lipinski definition) is 3. The van der Waals surface area contributed by atoms with Crippen molar-refractivity contribution in [2.45, 2.75) is 0 Å². The Labute approximate surface area is 113 Å². The summed E-state index contributed by atoms with van der Waals surface area (Å²) in [4.78, 5) is 16.6. The molecule has 2 aromatic heterocycles. The van der Waals surface area contributed by atoms with E-state index in [-0.39, 0.29) is 5.69 Å². The summed E-state index contributed by atoms with van der Waals surface area (Å²) in [5.74, 6) is 0. The molecular formula is C15H10N4O. The van der Waals surface area contributed by atoms with Crippen molar-refractivity contribution in [1.82, 2.24) is 19.6 Å². The van der Waals surface area contributed by atoms with Crippen LogP contribution in [0.5, 0.6) is 0 Å². The molecule has 0 atom stereocenters. The van der Waals surface area contributed by atoms with Gasteiger partial charge in [0.2, 0.25) is 0 Å². The zero-order chi connectivity index (χ0) is 13.5. The van der Waals surface area contributed by atoms with Crippen LogP contribution in [0.25, 0.3) is 27.9 Å². The molecule has 1 N–H and O–H groups in total.